The van der Waals surface area contributed by atoms with Gasteiger partial charge >= 0.3 is 0 Å². The van der Waals surface area contributed by atoms with Crippen LogP contribution in [-0.4, -0.2) is 36.5 Å². The maximum Gasteiger partial charge on any atom is 0.247 e. The number of hydrogen-bond donors (Lipinski definition) is 0. The SMILES string of the molecule is C[C@@H]1CCc2ccccc2N(C)C(C)(C)C(=O)N1C. The molecule has 1 aliphatic rings. The van der Waals surface area contributed by atoms with E-state index in [9.17, 15) is 4.79 Å². The molecule has 0 unspecified atom stereocenters. The van der Waals surface area contributed by atoms with Crippen molar-refractivity contribution in [2.75, 3.05) is 19.0 Å². The van der Waals surface area contributed by atoms with Crippen molar-refractivity contribution in [2.45, 2.75) is 45.2 Å². The fourth-order valence-electron chi connectivity index (χ4n) is 2.68. The minimum atomic E-state index is -0.524. The average Bonchev–Trinajstić information content (AvgIpc) is 2.43. The fourth-order valence-corrected chi connectivity index (χ4v) is 2.68. The maximum absolute atomic E-state index is 12.7. The van der Waals surface area contributed by atoms with Crippen LogP contribution in [0.4, 0.5) is 5.69 Å². The first-order chi connectivity index (χ1) is 8.85. The number of benzene rings is 1. The van der Waals surface area contributed by atoms with Crippen LogP contribution in [0.1, 0.15) is 32.8 Å². The van der Waals surface area contributed by atoms with Gasteiger partial charge in [-0.05, 0) is 45.2 Å². The molecule has 0 fully saturated rings. The molecule has 0 aromatic heterocycles. The number of rotatable bonds is 0. The highest BCUT2D eigenvalue weighted by atomic mass is 16.2. The van der Waals surface area contributed by atoms with Gasteiger partial charge in [0.15, 0.2) is 0 Å². The van der Waals surface area contributed by atoms with Crippen LogP contribution in [0.2, 0.25) is 0 Å². The molecule has 0 spiro atoms. The van der Waals surface area contributed by atoms with Crippen LogP contribution < -0.4 is 4.90 Å². The van der Waals surface area contributed by atoms with Gasteiger partial charge in [-0.1, -0.05) is 18.2 Å². The van der Waals surface area contributed by atoms with E-state index in [0.29, 0.717) is 0 Å². The van der Waals surface area contributed by atoms with Crippen LogP contribution in [0.25, 0.3) is 0 Å². The monoisotopic (exact) mass is 260 g/mol. The summed E-state index contributed by atoms with van der Waals surface area (Å²) in [4.78, 5) is 16.7. The van der Waals surface area contributed by atoms with Crippen molar-refractivity contribution in [1.82, 2.24) is 4.90 Å². The molecule has 0 radical (unpaired) electrons. The molecule has 3 heteroatoms. The highest BCUT2D eigenvalue weighted by Gasteiger charge is 2.37. The first-order valence-electron chi connectivity index (χ1n) is 6.94. The normalized spacial score (nSPS) is 23.4. The van der Waals surface area contributed by atoms with Crippen LogP contribution in [0.5, 0.6) is 0 Å². The van der Waals surface area contributed by atoms with E-state index in [2.05, 4.69) is 30.0 Å². The van der Waals surface area contributed by atoms with Crippen molar-refractivity contribution in [3.05, 3.63) is 29.8 Å². The van der Waals surface area contributed by atoms with Crippen LogP contribution in [0.3, 0.4) is 0 Å². The Morgan fingerprint density at radius 1 is 1.21 bits per heavy atom. The molecule has 0 bridgehead atoms. The van der Waals surface area contributed by atoms with Crippen LogP contribution in [-0.2, 0) is 11.2 Å². The maximum atomic E-state index is 12.7. The molecular formula is C16H24N2O. The third-order valence-corrected chi connectivity index (χ3v) is 4.53. The summed E-state index contributed by atoms with van der Waals surface area (Å²) >= 11 is 0. The zero-order chi connectivity index (χ0) is 14.2. The molecule has 104 valence electrons. The molecule has 1 aliphatic heterocycles. The Labute approximate surface area is 116 Å². The second kappa shape index (κ2) is 4.87. The first-order valence-corrected chi connectivity index (χ1v) is 6.94. The van der Waals surface area contributed by atoms with E-state index in [1.165, 1.54) is 11.3 Å². The number of likely N-dealkylation sites (N-methyl/N-ethyl adjacent to an activating group) is 2. The predicted molar refractivity (Wildman–Crippen MR) is 79.5 cm³/mol. The highest BCUT2D eigenvalue weighted by Crippen LogP contribution is 2.30. The molecule has 0 saturated carbocycles. The smallest absolute Gasteiger partial charge is 0.247 e. The number of carbonyl (C=O) groups is 1. The lowest BCUT2D eigenvalue weighted by Gasteiger charge is -2.39. The largest absolute Gasteiger partial charge is 0.360 e. The van der Waals surface area contributed by atoms with Crippen molar-refractivity contribution < 1.29 is 4.79 Å². The van der Waals surface area contributed by atoms with E-state index in [0.717, 1.165) is 12.8 Å². The third-order valence-electron chi connectivity index (χ3n) is 4.53. The van der Waals surface area contributed by atoms with Crippen molar-refractivity contribution in [3.63, 3.8) is 0 Å². The van der Waals surface area contributed by atoms with Gasteiger partial charge in [0.1, 0.15) is 5.54 Å². The molecule has 1 atom stereocenters. The van der Waals surface area contributed by atoms with Crippen LogP contribution in [0, 0.1) is 0 Å². The first kappa shape index (κ1) is 13.9. The topological polar surface area (TPSA) is 23.6 Å². The zero-order valence-corrected chi connectivity index (χ0v) is 12.6. The second-order valence-electron chi connectivity index (χ2n) is 6.05. The van der Waals surface area contributed by atoms with E-state index in [1.54, 1.807) is 0 Å². The summed E-state index contributed by atoms with van der Waals surface area (Å²) in [5.74, 6) is 0.180. The molecule has 0 aliphatic carbocycles. The molecule has 19 heavy (non-hydrogen) atoms. The Kier molecular flexibility index (Phi) is 3.57. The van der Waals surface area contributed by atoms with Gasteiger partial charge in [-0.2, -0.15) is 0 Å². The molecule has 0 N–H and O–H groups in total. The summed E-state index contributed by atoms with van der Waals surface area (Å²) in [6.45, 7) is 6.13. The van der Waals surface area contributed by atoms with Gasteiger partial charge in [-0.15, -0.1) is 0 Å². The standard InChI is InChI=1S/C16H24N2O/c1-12-10-11-13-8-6-7-9-14(13)18(5)16(2,3)15(19)17(12)4/h6-9,12H,10-11H2,1-5H3/t12-/m1/s1. The Bertz CT molecular complexity index is 481. The fraction of sp³-hybridized carbons (Fsp3) is 0.562. The van der Waals surface area contributed by atoms with Crippen molar-refractivity contribution in [3.8, 4) is 0 Å². The quantitative estimate of drug-likeness (QED) is 0.716. The second-order valence-corrected chi connectivity index (χ2v) is 6.05. The van der Waals surface area contributed by atoms with Gasteiger partial charge in [0.05, 0.1) is 0 Å². The molecule has 1 heterocycles. The van der Waals surface area contributed by atoms with Gasteiger partial charge in [-0.3, -0.25) is 4.79 Å². The number of nitrogens with zero attached hydrogens (tertiary/aromatic N) is 2. The summed E-state index contributed by atoms with van der Waals surface area (Å²) < 4.78 is 0. The number of para-hydroxylation sites is 1. The number of anilines is 1. The van der Waals surface area contributed by atoms with Crippen molar-refractivity contribution in [2.24, 2.45) is 0 Å². The van der Waals surface area contributed by atoms with E-state index >= 15 is 0 Å². The Morgan fingerprint density at radius 3 is 2.53 bits per heavy atom. The number of aryl methyl sites for hydroxylation is 1. The van der Waals surface area contributed by atoms with Crippen molar-refractivity contribution >= 4 is 11.6 Å². The number of fused-ring (bicyclic) bond motifs is 1. The van der Waals surface area contributed by atoms with E-state index < -0.39 is 5.54 Å². The molecule has 3 nitrogen and oxygen atoms in total. The van der Waals surface area contributed by atoms with Gasteiger partial charge in [0.2, 0.25) is 5.91 Å². The zero-order valence-electron chi connectivity index (χ0n) is 12.6. The van der Waals surface area contributed by atoms with Gasteiger partial charge in [-0.25, -0.2) is 0 Å². The minimum absolute atomic E-state index is 0.180. The van der Waals surface area contributed by atoms with E-state index in [-0.39, 0.29) is 11.9 Å². The third kappa shape index (κ3) is 2.34. The lowest BCUT2D eigenvalue weighted by molar-refractivity contribution is -0.136. The van der Waals surface area contributed by atoms with E-state index in [4.69, 9.17) is 0 Å². The summed E-state index contributed by atoms with van der Waals surface area (Å²) in [6, 6.07) is 8.67. The Morgan fingerprint density at radius 2 is 1.84 bits per heavy atom. The number of carbonyl (C=O) groups excluding carboxylic acids is 1. The van der Waals surface area contributed by atoms with Crippen LogP contribution in [0.15, 0.2) is 24.3 Å². The predicted octanol–water partition coefficient (Wildman–Crippen LogP) is 2.69. The molecule has 0 saturated heterocycles. The summed E-state index contributed by atoms with van der Waals surface area (Å²) in [5, 5.41) is 0. The van der Waals surface area contributed by atoms with E-state index in [1.807, 2.05) is 38.9 Å². The van der Waals surface area contributed by atoms with Crippen molar-refractivity contribution in [1.29, 1.82) is 0 Å². The summed E-state index contributed by atoms with van der Waals surface area (Å²) in [5.41, 5.74) is 1.97. The molecule has 2 rings (SSSR count). The lowest BCUT2D eigenvalue weighted by atomic mass is 9.99. The molecule has 1 aromatic carbocycles. The van der Waals surface area contributed by atoms with Crippen LogP contribution >= 0.6 is 0 Å². The highest BCUT2D eigenvalue weighted by molar-refractivity contribution is 5.89. The Balaban J connectivity index is 2.52. The minimum Gasteiger partial charge on any atom is -0.360 e. The van der Waals surface area contributed by atoms with Gasteiger partial charge in [0.25, 0.3) is 0 Å². The lowest BCUT2D eigenvalue weighted by Crippen LogP contribution is -2.55. The molecule has 1 aromatic rings. The number of hydrogen-bond acceptors (Lipinski definition) is 2. The number of amides is 1. The molecule has 1 amide bonds. The Hall–Kier alpha value is -1.51. The van der Waals surface area contributed by atoms with Gasteiger partial charge in [0, 0.05) is 25.8 Å². The molecular weight excluding hydrogens is 236 g/mol. The average molecular weight is 260 g/mol. The van der Waals surface area contributed by atoms with Gasteiger partial charge < -0.3 is 9.80 Å². The summed E-state index contributed by atoms with van der Waals surface area (Å²) in [6.07, 6.45) is 2.01. The summed E-state index contributed by atoms with van der Waals surface area (Å²) in [7, 11) is 3.93.